The van der Waals surface area contributed by atoms with Crippen LogP contribution in [0, 0.1) is 10.8 Å². The van der Waals surface area contributed by atoms with Gasteiger partial charge in [-0.15, -0.1) is 0 Å². The lowest BCUT2D eigenvalue weighted by molar-refractivity contribution is -0.134. The van der Waals surface area contributed by atoms with Crippen molar-refractivity contribution in [2.24, 2.45) is 10.8 Å². The molecule has 0 atom stereocenters. The van der Waals surface area contributed by atoms with Gasteiger partial charge in [0.1, 0.15) is 0 Å². The second kappa shape index (κ2) is 5.58. The van der Waals surface area contributed by atoms with Crippen LogP contribution in [0.25, 0.3) is 0 Å². The third kappa shape index (κ3) is 2.85. The number of carbonyl (C=O) groups is 1. The van der Waals surface area contributed by atoms with Crippen molar-refractivity contribution < 1.29 is 4.79 Å². The fraction of sp³-hybridized carbons (Fsp3) is 0.588. The minimum Gasteiger partial charge on any atom is -0.397 e. The molecule has 1 aliphatic carbocycles. The summed E-state index contributed by atoms with van der Waals surface area (Å²) in [6, 6.07) is 5.31. The fourth-order valence-electron chi connectivity index (χ4n) is 3.44. The predicted octanol–water partition coefficient (Wildman–Crippen LogP) is 3.79. The Morgan fingerprint density at radius 3 is 2.10 bits per heavy atom. The average molecular weight is 289 g/mol. The van der Waals surface area contributed by atoms with Gasteiger partial charge in [0.25, 0.3) is 0 Å². The van der Waals surface area contributed by atoms with E-state index in [0.29, 0.717) is 17.1 Å². The maximum Gasteiger partial charge on any atom is 0.231 e. The molecule has 0 saturated heterocycles. The Morgan fingerprint density at radius 2 is 1.62 bits per heavy atom. The highest BCUT2D eigenvalue weighted by Gasteiger charge is 2.48. The van der Waals surface area contributed by atoms with E-state index in [1.54, 1.807) is 18.2 Å². The van der Waals surface area contributed by atoms with Gasteiger partial charge in [0.2, 0.25) is 5.91 Å². The zero-order valence-corrected chi connectivity index (χ0v) is 13.3. The van der Waals surface area contributed by atoms with E-state index in [-0.39, 0.29) is 16.7 Å². The van der Waals surface area contributed by atoms with Gasteiger partial charge in [0.05, 0.1) is 22.5 Å². The zero-order valence-electron chi connectivity index (χ0n) is 13.3. The summed E-state index contributed by atoms with van der Waals surface area (Å²) in [5.41, 5.74) is 13.1. The molecule has 5 N–H and O–H groups in total. The number of hydrogen-bond donors (Lipinski definition) is 3. The van der Waals surface area contributed by atoms with E-state index in [1.807, 2.05) is 0 Å². The van der Waals surface area contributed by atoms with E-state index in [4.69, 9.17) is 11.5 Å². The summed E-state index contributed by atoms with van der Waals surface area (Å²) in [5, 5.41) is 3.01. The number of amides is 1. The van der Waals surface area contributed by atoms with Crippen LogP contribution in [-0.2, 0) is 4.79 Å². The van der Waals surface area contributed by atoms with Crippen molar-refractivity contribution in [1.82, 2.24) is 0 Å². The summed E-state index contributed by atoms with van der Waals surface area (Å²) in [4.78, 5) is 13.0. The molecule has 0 unspecified atom stereocenters. The topological polar surface area (TPSA) is 81.1 Å². The Kier molecular flexibility index (Phi) is 4.17. The smallest absolute Gasteiger partial charge is 0.231 e. The van der Waals surface area contributed by atoms with Crippen LogP contribution in [0.2, 0.25) is 0 Å². The van der Waals surface area contributed by atoms with E-state index in [9.17, 15) is 4.79 Å². The van der Waals surface area contributed by atoms with Gasteiger partial charge in [-0.2, -0.15) is 0 Å². The van der Waals surface area contributed by atoms with Crippen LogP contribution < -0.4 is 16.8 Å². The van der Waals surface area contributed by atoms with Crippen LogP contribution in [0.4, 0.5) is 17.1 Å². The summed E-state index contributed by atoms with van der Waals surface area (Å²) < 4.78 is 0. The van der Waals surface area contributed by atoms with E-state index in [0.717, 1.165) is 25.7 Å². The lowest BCUT2D eigenvalue weighted by Gasteiger charge is -2.46. The number of carbonyl (C=O) groups excluding carboxylic acids is 1. The fourth-order valence-corrected chi connectivity index (χ4v) is 3.44. The maximum atomic E-state index is 13.0. The van der Waals surface area contributed by atoms with Gasteiger partial charge < -0.3 is 16.8 Å². The Labute approximate surface area is 127 Å². The van der Waals surface area contributed by atoms with Crippen LogP contribution >= 0.6 is 0 Å². The Balaban J connectivity index is 2.32. The number of para-hydroxylation sites is 1. The van der Waals surface area contributed by atoms with Crippen molar-refractivity contribution in [2.75, 3.05) is 16.8 Å². The molecule has 1 saturated carbocycles. The molecule has 0 spiro atoms. The van der Waals surface area contributed by atoms with Gasteiger partial charge in [-0.25, -0.2) is 0 Å². The van der Waals surface area contributed by atoms with Crippen LogP contribution in [0.3, 0.4) is 0 Å². The molecule has 1 fully saturated rings. The second-order valence-corrected chi connectivity index (χ2v) is 7.16. The molecule has 0 aromatic heterocycles. The van der Waals surface area contributed by atoms with Crippen molar-refractivity contribution in [3.8, 4) is 0 Å². The highest BCUT2D eigenvalue weighted by atomic mass is 16.2. The van der Waals surface area contributed by atoms with Crippen LogP contribution in [-0.4, -0.2) is 5.91 Å². The van der Waals surface area contributed by atoms with Crippen LogP contribution in [0.1, 0.15) is 52.9 Å². The Bertz CT molecular complexity index is 505. The molecule has 2 rings (SSSR count). The molecule has 21 heavy (non-hydrogen) atoms. The number of benzene rings is 1. The van der Waals surface area contributed by atoms with Crippen molar-refractivity contribution >= 4 is 23.0 Å². The first kappa shape index (κ1) is 15.7. The summed E-state index contributed by atoms with van der Waals surface area (Å²) in [6.45, 7) is 6.45. The van der Waals surface area contributed by atoms with Gasteiger partial charge >= 0.3 is 0 Å². The molecule has 1 aromatic rings. The summed E-state index contributed by atoms with van der Waals surface area (Å²) in [6.07, 6.45) is 5.26. The third-order valence-corrected chi connectivity index (χ3v) is 4.94. The Hall–Kier alpha value is -1.71. The quantitative estimate of drug-likeness (QED) is 0.725. The average Bonchev–Trinajstić information content (AvgIpc) is 2.42. The first-order valence-corrected chi connectivity index (χ1v) is 7.73. The number of nitrogens with one attached hydrogen (secondary N) is 1. The lowest BCUT2D eigenvalue weighted by atomic mass is 9.59. The van der Waals surface area contributed by atoms with Gasteiger partial charge in [-0.3, -0.25) is 4.79 Å². The van der Waals surface area contributed by atoms with Crippen molar-refractivity contribution in [3.63, 3.8) is 0 Å². The van der Waals surface area contributed by atoms with Crippen molar-refractivity contribution in [2.45, 2.75) is 52.9 Å². The van der Waals surface area contributed by atoms with E-state index < -0.39 is 0 Å². The molecule has 1 aliphatic rings. The number of anilines is 3. The molecule has 0 aliphatic heterocycles. The van der Waals surface area contributed by atoms with E-state index in [1.165, 1.54) is 6.42 Å². The van der Waals surface area contributed by atoms with Gasteiger partial charge in [-0.05, 0) is 30.4 Å². The molecule has 1 amide bonds. The van der Waals surface area contributed by atoms with Gasteiger partial charge in [0, 0.05) is 0 Å². The summed E-state index contributed by atoms with van der Waals surface area (Å²) in [5.74, 6) is 0.0549. The number of nitrogens with two attached hydrogens (primary N) is 2. The molecule has 116 valence electrons. The molecule has 1 aromatic carbocycles. The first-order chi connectivity index (χ1) is 9.78. The molecular formula is C17H27N3O. The SMILES string of the molecule is CC(C)(C)C1(C(=O)Nc2c(N)cccc2N)CCCCC1. The molecule has 4 nitrogen and oxygen atoms in total. The molecular weight excluding hydrogens is 262 g/mol. The monoisotopic (exact) mass is 289 g/mol. The molecule has 0 radical (unpaired) electrons. The van der Waals surface area contributed by atoms with Crippen LogP contribution in [0.15, 0.2) is 18.2 Å². The molecule has 4 heteroatoms. The minimum atomic E-state index is -0.347. The second-order valence-electron chi connectivity index (χ2n) is 7.16. The number of hydrogen-bond acceptors (Lipinski definition) is 3. The number of rotatable bonds is 2. The maximum absolute atomic E-state index is 13.0. The Morgan fingerprint density at radius 1 is 1.10 bits per heavy atom. The molecule has 0 bridgehead atoms. The number of nitrogen functional groups attached to an aromatic ring is 2. The van der Waals surface area contributed by atoms with Gasteiger partial charge in [0.15, 0.2) is 0 Å². The summed E-state index contributed by atoms with van der Waals surface area (Å²) in [7, 11) is 0. The first-order valence-electron chi connectivity index (χ1n) is 7.73. The van der Waals surface area contributed by atoms with Crippen LogP contribution in [0.5, 0.6) is 0 Å². The van der Waals surface area contributed by atoms with E-state index in [2.05, 4.69) is 26.1 Å². The minimum absolute atomic E-state index is 0.0549. The highest BCUT2D eigenvalue weighted by Crippen LogP contribution is 2.50. The zero-order chi connectivity index (χ0) is 15.7. The third-order valence-electron chi connectivity index (χ3n) is 4.94. The van der Waals surface area contributed by atoms with Crippen molar-refractivity contribution in [3.05, 3.63) is 18.2 Å². The van der Waals surface area contributed by atoms with Gasteiger partial charge in [-0.1, -0.05) is 46.1 Å². The highest BCUT2D eigenvalue weighted by molar-refractivity contribution is 6.01. The molecule has 0 heterocycles. The van der Waals surface area contributed by atoms with E-state index >= 15 is 0 Å². The van der Waals surface area contributed by atoms with Crippen molar-refractivity contribution in [1.29, 1.82) is 0 Å². The lowest BCUT2D eigenvalue weighted by Crippen LogP contribution is -2.47. The predicted molar refractivity (Wildman–Crippen MR) is 88.9 cm³/mol. The normalized spacial score (nSPS) is 18.2. The largest absolute Gasteiger partial charge is 0.397 e. The summed E-state index contributed by atoms with van der Waals surface area (Å²) >= 11 is 0. The standard InChI is InChI=1S/C17H27N3O/c1-16(2,3)17(10-5-4-6-11-17)15(21)20-14-12(18)8-7-9-13(14)19/h7-9H,4-6,10-11,18-19H2,1-3H3,(H,20,21).